The van der Waals surface area contributed by atoms with Gasteiger partial charge in [0.2, 0.25) is 0 Å². The smallest absolute Gasteiger partial charge is 0.307 e. The molecule has 0 bridgehead atoms. The number of hydrogen-bond acceptors (Lipinski definition) is 4. The zero-order chi connectivity index (χ0) is 25.1. The third-order valence-electron chi connectivity index (χ3n) is 5.41. The summed E-state index contributed by atoms with van der Waals surface area (Å²) in [6.07, 6.45) is 0.0213. The van der Waals surface area contributed by atoms with E-state index in [1.807, 2.05) is 80.6 Å². The molecule has 0 aliphatic rings. The molecule has 0 aliphatic carbocycles. The average Bonchev–Trinajstić information content (AvgIpc) is 2.85. The van der Waals surface area contributed by atoms with Crippen molar-refractivity contribution in [3.63, 3.8) is 0 Å². The summed E-state index contributed by atoms with van der Waals surface area (Å²) in [6, 6.07) is 21.3. The van der Waals surface area contributed by atoms with E-state index in [-0.39, 0.29) is 12.3 Å². The molecule has 34 heavy (non-hydrogen) atoms. The summed E-state index contributed by atoms with van der Waals surface area (Å²) in [5, 5.41) is 9.71. The maximum atomic E-state index is 11.0. The molecule has 5 nitrogen and oxygen atoms in total. The van der Waals surface area contributed by atoms with Crippen LogP contribution in [-0.4, -0.2) is 31.4 Å². The van der Waals surface area contributed by atoms with Gasteiger partial charge in [0.25, 0.3) is 0 Å². The monoisotopic (exact) mass is 480 g/mol. The molecule has 3 rings (SSSR count). The molecule has 0 radical (unpaired) electrons. The molecular weight excluding hydrogens is 448 g/mol. The molecule has 6 heteroatoms. The topological polar surface area (TPSA) is 62.1 Å². The lowest BCUT2D eigenvalue weighted by Gasteiger charge is -2.30. The normalized spacial score (nSPS) is 11.1. The fourth-order valence-electron chi connectivity index (χ4n) is 3.68. The second-order valence-corrected chi connectivity index (χ2v) is 8.11. The number of halogens is 1. The highest BCUT2D eigenvalue weighted by Crippen LogP contribution is 2.35. The number of carboxylic acid groups (broad SMARTS) is 1. The van der Waals surface area contributed by atoms with Gasteiger partial charge in [-0.25, -0.2) is 0 Å². The Morgan fingerprint density at radius 3 is 2.38 bits per heavy atom. The van der Waals surface area contributed by atoms with E-state index in [0.717, 1.165) is 33.8 Å². The third kappa shape index (κ3) is 7.35. The molecule has 0 spiro atoms. The third-order valence-corrected chi connectivity index (χ3v) is 5.78. The lowest BCUT2D eigenvalue weighted by Crippen LogP contribution is -2.27. The number of hydrogen-bond donors (Lipinski definition) is 1. The predicted molar refractivity (Wildman–Crippen MR) is 142 cm³/mol. The maximum absolute atomic E-state index is 11.0. The van der Waals surface area contributed by atoms with Gasteiger partial charge in [0.05, 0.1) is 24.9 Å². The van der Waals surface area contributed by atoms with Gasteiger partial charge in [-0.2, -0.15) is 0 Å². The van der Waals surface area contributed by atoms with Crippen LogP contribution >= 0.6 is 11.6 Å². The summed E-state index contributed by atoms with van der Waals surface area (Å²) in [5.74, 6) is 0.0627. The highest BCUT2D eigenvalue weighted by Gasteiger charge is 2.18. The van der Waals surface area contributed by atoms with Crippen molar-refractivity contribution in [2.24, 2.45) is 4.99 Å². The summed E-state index contributed by atoms with van der Waals surface area (Å²) < 4.78 is 5.35. The van der Waals surface area contributed by atoms with Crippen LogP contribution in [0.4, 0.5) is 11.4 Å². The van der Waals surface area contributed by atoms with Gasteiger partial charge in [-0.05, 0) is 47.5 Å². The Hall–Kier alpha value is -3.31. The summed E-state index contributed by atoms with van der Waals surface area (Å²) in [7, 11) is 1.62. The van der Waals surface area contributed by atoms with Crippen LogP contribution in [0.15, 0.2) is 71.7 Å². The molecule has 0 saturated heterocycles. The molecule has 3 aromatic carbocycles. The number of anilines is 1. The van der Waals surface area contributed by atoms with Crippen LogP contribution in [0.3, 0.4) is 0 Å². The number of rotatable bonds is 10. The van der Waals surface area contributed by atoms with Crippen molar-refractivity contribution in [3.05, 3.63) is 88.4 Å². The molecule has 1 unspecified atom stereocenters. The zero-order valence-corrected chi connectivity index (χ0v) is 21.0. The maximum Gasteiger partial charge on any atom is 0.307 e. The van der Waals surface area contributed by atoms with E-state index >= 15 is 0 Å². The van der Waals surface area contributed by atoms with Crippen molar-refractivity contribution < 1.29 is 14.6 Å². The Labute approximate surface area is 207 Å². The minimum Gasteiger partial charge on any atom is -0.497 e. The van der Waals surface area contributed by atoms with Gasteiger partial charge >= 0.3 is 5.97 Å². The van der Waals surface area contributed by atoms with Crippen LogP contribution in [-0.2, 0) is 17.8 Å². The molecule has 0 fully saturated rings. The predicted octanol–water partition coefficient (Wildman–Crippen LogP) is 7.14. The molecule has 0 amide bonds. The minimum absolute atomic E-state index is 0.0213. The van der Waals surface area contributed by atoms with E-state index in [1.54, 1.807) is 7.11 Å². The van der Waals surface area contributed by atoms with Gasteiger partial charge in [0.15, 0.2) is 0 Å². The Morgan fingerprint density at radius 2 is 1.79 bits per heavy atom. The SMILES string of the molecule is C=Nc1cc(OC)ccc1N(Cc1ccccc1Cl)CC(C)c1ccc(CC(=O)O)cc1.CC. The van der Waals surface area contributed by atoms with Gasteiger partial charge in [0.1, 0.15) is 5.75 Å². The van der Waals surface area contributed by atoms with Gasteiger partial charge < -0.3 is 14.7 Å². The lowest BCUT2D eigenvalue weighted by atomic mass is 9.98. The van der Waals surface area contributed by atoms with Crippen molar-refractivity contribution in [1.29, 1.82) is 0 Å². The summed E-state index contributed by atoms with van der Waals surface area (Å²) >= 11 is 6.46. The number of nitrogens with zero attached hydrogens (tertiary/aromatic N) is 2. The first kappa shape index (κ1) is 26.9. The standard InChI is InChI=1S/C26H27ClN2O3.C2H6/c1-18(20-10-8-19(9-11-20)14-26(30)31)16-29(17-21-6-4-5-7-23(21)27)25-13-12-22(32-3)15-24(25)28-2;1-2/h4-13,15,18H,2,14,16-17H2,1,3H3,(H,30,31);1-2H3. The molecule has 1 N–H and O–H groups in total. The molecule has 1 atom stereocenters. The van der Waals surface area contributed by atoms with Crippen LogP contribution in [0.1, 0.15) is 43.4 Å². The molecule has 180 valence electrons. The van der Waals surface area contributed by atoms with Gasteiger partial charge in [-0.3, -0.25) is 9.79 Å². The number of aliphatic imine (C=N–C) groups is 1. The zero-order valence-electron chi connectivity index (χ0n) is 20.3. The van der Waals surface area contributed by atoms with E-state index in [0.29, 0.717) is 18.1 Å². The summed E-state index contributed by atoms with van der Waals surface area (Å²) in [6.45, 7) is 11.2. The van der Waals surface area contributed by atoms with Crippen molar-refractivity contribution in [1.82, 2.24) is 0 Å². The Bertz CT molecular complexity index is 1080. The first-order valence-electron chi connectivity index (χ1n) is 11.3. The highest BCUT2D eigenvalue weighted by molar-refractivity contribution is 6.31. The highest BCUT2D eigenvalue weighted by atomic mass is 35.5. The Morgan fingerprint density at radius 1 is 1.12 bits per heavy atom. The number of carbonyl (C=O) groups is 1. The van der Waals surface area contributed by atoms with E-state index in [9.17, 15) is 4.79 Å². The van der Waals surface area contributed by atoms with Crippen molar-refractivity contribution >= 4 is 35.7 Å². The first-order valence-corrected chi connectivity index (χ1v) is 11.7. The second-order valence-electron chi connectivity index (χ2n) is 7.70. The van der Waals surface area contributed by atoms with Crippen molar-refractivity contribution in [2.75, 3.05) is 18.6 Å². The number of aliphatic carboxylic acids is 1. The van der Waals surface area contributed by atoms with Gasteiger partial charge in [-0.1, -0.05) is 74.8 Å². The van der Waals surface area contributed by atoms with E-state index < -0.39 is 5.97 Å². The number of benzene rings is 3. The van der Waals surface area contributed by atoms with E-state index in [1.165, 1.54) is 0 Å². The van der Waals surface area contributed by atoms with Crippen molar-refractivity contribution in [3.8, 4) is 5.75 Å². The van der Waals surface area contributed by atoms with Crippen LogP contribution in [0.2, 0.25) is 5.02 Å². The largest absolute Gasteiger partial charge is 0.497 e. The van der Waals surface area contributed by atoms with Crippen LogP contribution in [0.25, 0.3) is 0 Å². The van der Waals surface area contributed by atoms with E-state index in [2.05, 4.69) is 23.5 Å². The van der Waals surface area contributed by atoms with Crippen molar-refractivity contribution in [2.45, 2.75) is 39.7 Å². The number of ether oxygens (including phenoxy) is 1. The molecule has 0 saturated carbocycles. The summed E-state index contributed by atoms with van der Waals surface area (Å²) in [4.78, 5) is 17.4. The first-order chi connectivity index (χ1) is 16.4. The fourth-order valence-corrected chi connectivity index (χ4v) is 3.87. The molecule has 0 aliphatic heterocycles. The fraction of sp³-hybridized carbons (Fsp3) is 0.286. The van der Waals surface area contributed by atoms with Gasteiger partial charge in [0, 0.05) is 24.2 Å². The Kier molecular flexibility index (Phi) is 10.6. The number of methoxy groups -OCH3 is 1. The second kappa shape index (κ2) is 13.4. The van der Waals surface area contributed by atoms with Crippen LogP contribution in [0, 0.1) is 0 Å². The lowest BCUT2D eigenvalue weighted by molar-refractivity contribution is -0.136. The number of carboxylic acids is 1. The van der Waals surface area contributed by atoms with Crippen LogP contribution < -0.4 is 9.64 Å². The van der Waals surface area contributed by atoms with Crippen LogP contribution in [0.5, 0.6) is 5.75 Å². The minimum atomic E-state index is -0.833. The van der Waals surface area contributed by atoms with E-state index in [4.69, 9.17) is 21.4 Å². The summed E-state index contributed by atoms with van der Waals surface area (Å²) in [5.41, 5.74) is 4.61. The quantitative estimate of drug-likeness (QED) is 0.313. The van der Waals surface area contributed by atoms with Gasteiger partial charge in [-0.15, -0.1) is 0 Å². The average molecular weight is 481 g/mol. The molecule has 0 heterocycles. The molecular formula is C28H33ClN2O3. The molecule has 0 aromatic heterocycles. The Balaban J connectivity index is 0.00000199. The molecule has 3 aromatic rings.